The van der Waals surface area contributed by atoms with Gasteiger partial charge in [-0.25, -0.2) is 15.0 Å². The molecule has 0 bridgehead atoms. The molecule has 10 aromatic carbocycles. The van der Waals surface area contributed by atoms with E-state index in [-0.39, 0.29) is 0 Å². The number of nitrogens with zero attached hydrogens (tertiary/aromatic N) is 7. The Hall–Kier alpha value is -9.90. The van der Waals surface area contributed by atoms with Crippen molar-refractivity contribution in [3.8, 4) is 68.4 Å². The largest absolute Gasteiger partial charge is 0.309 e. The van der Waals surface area contributed by atoms with Crippen molar-refractivity contribution in [2.75, 3.05) is 0 Å². The van der Waals surface area contributed by atoms with Gasteiger partial charge >= 0.3 is 0 Å². The zero-order valence-electron chi connectivity index (χ0n) is 38.1. The maximum absolute atomic E-state index is 10.6. The first-order chi connectivity index (χ1) is 35.2. The molecule has 7 heteroatoms. The van der Waals surface area contributed by atoms with Gasteiger partial charge in [0.1, 0.15) is 0 Å². The Labute approximate surface area is 408 Å². The van der Waals surface area contributed by atoms with Crippen LogP contribution < -0.4 is 0 Å². The van der Waals surface area contributed by atoms with Crippen molar-refractivity contribution in [2.45, 2.75) is 0 Å². The Morgan fingerprint density at radius 3 is 1.52 bits per heavy atom. The molecule has 0 aliphatic carbocycles. The van der Waals surface area contributed by atoms with E-state index in [0.29, 0.717) is 28.6 Å². The highest BCUT2D eigenvalue weighted by Gasteiger charge is 2.24. The minimum Gasteiger partial charge on any atom is -0.309 e. The third-order valence-electron chi connectivity index (χ3n) is 13.9. The molecule has 0 radical (unpaired) electrons. The van der Waals surface area contributed by atoms with Crippen LogP contribution in [0.5, 0.6) is 0 Å². The molecule has 0 fully saturated rings. The van der Waals surface area contributed by atoms with Crippen molar-refractivity contribution in [1.82, 2.24) is 28.7 Å². The fourth-order valence-electron chi connectivity index (χ4n) is 10.8. The molecule has 0 amide bonds. The Kier molecular flexibility index (Phi) is 9.13. The highest BCUT2D eigenvalue weighted by molar-refractivity contribution is 6.26. The number of aromatic nitrogens is 6. The molecule has 0 aliphatic rings. The molecule has 0 saturated carbocycles. The van der Waals surface area contributed by atoms with Gasteiger partial charge in [-0.15, -0.1) is 0 Å². The molecule has 4 aromatic heterocycles. The van der Waals surface area contributed by atoms with Gasteiger partial charge in [0.05, 0.1) is 50.4 Å². The first-order valence-electron chi connectivity index (χ1n) is 23.7. The molecule has 0 aliphatic heterocycles. The van der Waals surface area contributed by atoms with E-state index in [4.69, 9.17) is 15.0 Å². The molecule has 0 spiro atoms. The summed E-state index contributed by atoms with van der Waals surface area (Å²) in [7, 11) is 0. The molecule has 0 N–H and O–H groups in total. The van der Waals surface area contributed by atoms with Crippen LogP contribution in [0.2, 0.25) is 0 Å². The number of para-hydroxylation sites is 5. The molecule has 4 heterocycles. The van der Waals surface area contributed by atoms with Crippen LogP contribution in [0.1, 0.15) is 5.56 Å². The van der Waals surface area contributed by atoms with Crippen molar-refractivity contribution >= 4 is 65.4 Å². The first-order valence-corrected chi connectivity index (χ1v) is 23.7. The number of nitriles is 1. The van der Waals surface area contributed by atoms with Crippen molar-refractivity contribution in [3.05, 3.63) is 242 Å². The van der Waals surface area contributed by atoms with Crippen molar-refractivity contribution in [2.24, 2.45) is 0 Å². The second-order valence-corrected chi connectivity index (χ2v) is 17.9. The maximum atomic E-state index is 10.6. The molecular formula is C64H39N7. The van der Waals surface area contributed by atoms with Gasteiger partial charge in [-0.05, 0) is 102 Å². The van der Waals surface area contributed by atoms with E-state index < -0.39 is 0 Å². The SMILES string of the molecule is N#Cc1ccc(-n2c3ccccc3c3ccc4c(c5ccccc5n4-c4ccccc4)c32)c(-c2nc(-c3cccc(-c4ccccc4)c3)nc(-c3ccc4c(c3)c3ccccc3n4-c3ccccc3)n2)c1. The Balaban J connectivity index is 1.06. The highest BCUT2D eigenvalue weighted by Crippen LogP contribution is 2.44. The van der Waals surface area contributed by atoms with Gasteiger partial charge in [-0.2, -0.15) is 5.26 Å². The lowest BCUT2D eigenvalue weighted by Gasteiger charge is -2.16. The van der Waals surface area contributed by atoms with Gasteiger partial charge in [0.2, 0.25) is 0 Å². The lowest BCUT2D eigenvalue weighted by atomic mass is 10.0. The first kappa shape index (κ1) is 40.2. The number of hydrogen-bond donors (Lipinski definition) is 0. The lowest BCUT2D eigenvalue weighted by molar-refractivity contribution is 1.06. The van der Waals surface area contributed by atoms with Crippen molar-refractivity contribution < 1.29 is 0 Å². The van der Waals surface area contributed by atoms with Crippen molar-refractivity contribution in [3.63, 3.8) is 0 Å². The van der Waals surface area contributed by atoms with Crippen molar-refractivity contribution in [1.29, 1.82) is 5.26 Å². The van der Waals surface area contributed by atoms with Crippen LogP contribution in [0.25, 0.3) is 128 Å². The summed E-state index contributed by atoms with van der Waals surface area (Å²) in [4.78, 5) is 16.2. The molecule has 0 atom stereocenters. The fourth-order valence-corrected chi connectivity index (χ4v) is 10.8. The van der Waals surface area contributed by atoms with Gasteiger partial charge in [0.15, 0.2) is 17.5 Å². The van der Waals surface area contributed by atoms with Gasteiger partial charge in [0.25, 0.3) is 0 Å². The van der Waals surface area contributed by atoms with Crippen LogP contribution in [0.4, 0.5) is 0 Å². The predicted molar refractivity (Wildman–Crippen MR) is 289 cm³/mol. The summed E-state index contributed by atoms with van der Waals surface area (Å²) < 4.78 is 7.02. The summed E-state index contributed by atoms with van der Waals surface area (Å²) in [5.41, 5.74) is 14.6. The second-order valence-electron chi connectivity index (χ2n) is 17.9. The zero-order valence-corrected chi connectivity index (χ0v) is 38.1. The molecule has 330 valence electrons. The van der Waals surface area contributed by atoms with Crippen LogP contribution in [0.3, 0.4) is 0 Å². The van der Waals surface area contributed by atoms with Crippen LogP contribution >= 0.6 is 0 Å². The van der Waals surface area contributed by atoms with Gasteiger partial charge in [0, 0.05) is 60.4 Å². The summed E-state index contributed by atoms with van der Waals surface area (Å²) in [6.45, 7) is 0. The quantitative estimate of drug-likeness (QED) is 0.160. The smallest absolute Gasteiger partial charge is 0.166 e. The minimum atomic E-state index is 0.457. The average molecular weight is 906 g/mol. The molecule has 14 aromatic rings. The van der Waals surface area contributed by atoms with E-state index in [1.54, 1.807) is 0 Å². The molecular weight excluding hydrogens is 867 g/mol. The fraction of sp³-hybridized carbons (Fsp3) is 0. The van der Waals surface area contributed by atoms with Gasteiger partial charge in [-0.3, -0.25) is 0 Å². The average Bonchev–Trinajstić information content (AvgIpc) is 4.09. The van der Waals surface area contributed by atoms with E-state index in [2.05, 4.69) is 232 Å². The summed E-state index contributed by atoms with van der Waals surface area (Å²) >= 11 is 0. The Bertz CT molecular complexity index is 4460. The van der Waals surface area contributed by atoms with E-state index >= 15 is 0 Å². The van der Waals surface area contributed by atoms with Gasteiger partial charge in [-0.1, -0.05) is 146 Å². The maximum Gasteiger partial charge on any atom is 0.166 e. The topological polar surface area (TPSA) is 77.2 Å². The minimum absolute atomic E-state index is 0.457. The molecule has 7 nitrogen and oxygen atoms in total. The molecule has 0 unspecified atom stereocenters. The summed E-state index contributed by atoms with van der Waals surface area (Å²) in [6.07, 6.45) is 0. The number of benzene rings is 10. The normalized spacial score (nSPS) is 11.6. The Morgan fingerprint density at radius 1 is 0.324 bits per heavy atom. The van der Waals surface area contributed by atoms with Crippen LogP contribution in [0.15, 0.2) is 237 Å². The van der Waals surface area contributed by atoms with E-state index in [1.807, 2.05) is 24.3 Å². The molecule has 71 heavy (non-hydrogen) atoms. The van der Waals surface area contributed by atoms with Gasteiger partial charge < -0.3 is 13.7 Å². The number of rotatable bonds is 7. The zero-order chi connectivity index (χ0) is 47.0. The number of fused-ring (bicyclic) bond motifs is 10. The van der Waals surface area contributed by atoms with Crippen LogP contribution in [-0.2, 0) is 0 Å². The van der Waals surface area contributed by atoms with E-state index in [1.165, 1.54) is 0 Å². The van der Waals surface area contributed by atoms with Crippen LogP contribution in [0, 0.1) is 11.3 Å². The summed E-state index contributed by atoms with van der Waals surface area (Å²) in [5, 5.41) is 17.3. The lowest BCUT2D eigenvalue weighted by Crippen LogP contribution is -2.04. The number of hydrogen-bond acceptors (Lipinski definition) is 4. The standard InChI is InChI=1S/C64H39N7/c65-40-41-31-34-58(71-55-29-14-10-25-48(55)50-33-36-59-60(61(50)71)51-27-12-15-30-56(51)70(59)47-23-8-3-9-24-47)53(37-41)64-67-62(44-20-16-19-43(38-44)42-17-4-1-5-18-42)66-63(68-64)45-32-35-57-52(39-45)49-26-11-13-28-54(49)69(57)46-21-6-2-7-22-46/h1-39H. The molecule has 14 rings (SSSR count). The third kappa shape index (κ3) is 6.40. The van der Waals surface area contributed by atoms with E-state index in [0.717, 1.165) is 105 Å². The predicted octanol–water partition coefficient (Wildman–Crippen LogP) is 15.7. The van der Waals surface area contributed by atoms with E-state index in [9.17, 15) is 5.26 Å². The molecule has 0 saturated heterocycles. The Morgan fingerprint density at radius 2 is 0.831 bits per heavy atom. The third-order valence-corrected chi connectivity index (χ3v) is 13.9. The monoisotopic (exact) mass is 905 g/mol. The summed E-state index contributed by atoms with van der Waals surface area (Å²) in [5.74, 6) is 1.51. The van der Waals surface area contributed by atoms with Crippen LogP contribution in [-0.4, -0.2) is 28.7 Å². The summed E-state index contributed by atoms with van der Waals surface area (Å²) in [6, 6.07) is 84.9. The highest BCUT2D eigenvalue weighted by atomic mass is 15.1. The second kappa shape index (κ2) is 16.1.